The number of fused-ring (bicyclic) bond motifs is 1. The maximum absolute atomic E-state index is 11.1. The molecule has 0 amide bonds. The Morgan fingerprint density at radius 3 is 3.06 bits per heavy atom. The van der Waals surface area contributed by atoms with Crippen LogP contribution in [0.1, 0.15) is 17.2 Å². The molecule has 0 aromatic carbocycles. The molecular formula is C11H14N2O4. The van der Waals surface area contributed by atoms with E-state index in [0.717, 1.165) is 31.5 Å². The fourth-order valence-electron chi connectivity index (χ4n) is 1.79. The summed E-state index contributed by atoms with van der Waals surface area (Å²) < 4.78 is 4.37. The van der Waals surface area contributed by atoms with E-state index in [9.17, 15) is 15.0 Å². The lowest BCUT2D eigenvalue weighted by molar-refractivity contribution is -0.156. The van der Waals surface area contributed by atoms with E-state index in [1.165, 1.54) is 6.20 Å². The van der Waals surface area contributed by atoms with Crippen molar-refractivity contribution in [3.63, 3.8) is 0 Å². The lowest BCUT2D eigenvalue weighted by Gasteiger charge is -2.16. The normalized spacial score (nSPS) is 16.9. The fraction of sp³-hybridized carbons (Fsp3) is 0.455. The van der Waals surface area contributed by atoms with E-state index in [0.29, 0.717) is 5.56 Å². The molecule has 0 aliphatic carbocycles. The first-order valence-corrected chi connectivity index (χ1v) is 5.30. The number of nitrogens with one attached hydrogen (secondary N) is 1. The number of ether oxygens (including phenoxy) is 1. The quantitative estimate of drug-likeness (QED) is 0.622. The van der Waals surface area contributed by atoms with Crippen LogP contribution < -0.4 is 5.32 Å². The fourth-order valence-corrected chi connectivity index (χ4v) is 1.79. The summed E-state index contributed by atoms with van der Waals surface area (Å²) in [6.45, 7) is 0.807. The number of aliphatic hydroxyl groups is 2. The van der Waals surface area contributed by atoms with E-state index in [2.05, 4.69) is 15.0 Å². The molecule has 1 aromatic heterocycles. The zero-order valence-corrected chi connectivity index (χ0v) is 9.38. The maximum atomic E-state index is 11.1. The molecule has 0 spiro atoms. The van der Waals surface area contributed by atoms with Crippen molar-refractivity contribution in [3.05, 3.63) is 23.4 Å². The van der Waals surface area contributed by atoms with Crippen molar-refractivity contribution in [3.8, 4) is 0 Å². The largest absolute Gasteiger partial charge is 0.467 e. The predicted octanol–water partition coefficient (Wildman–Crippen LogP) is -0.383. The molecule has 2 rings (SSSR count). The van der Waals surface area contributed by atoms with E-state index < -0.39 is 18.2 Å². The Morgan fingerprint density at radius 2 is 2.35 bits per heavy atom. The van der Waals surface area contributed by atoms with E-state index in [1.807, 2.05) is 0 Å². The SMILES string of the molecule is COC(=O)C(O)C(O)c1cnc2c(c1)CCN2. The maximum Gasteiger partial charge on any atom is 0.337 e. The summed E-state index contributed by atoms with van der Waals surface area (Å²) in [6, 6.07) is 1.74. The lowest BCUT2D eigenvalue weighted by Crippen LogP contribution is -2.29. The summed E-state index contributed by atoms with van der Waals surface area (Å²) in [7, 11) is 1.16. The van der Waals surface area contributed by atoms with Crippen LogP contribution in [0.3, 0.4) is 0 Å². The molecule has 3 N–H and O–H groups in total. The zero-order valence-electron chi connectivity index (χ0n) is 9.38. The molecule has 6 nitrogen and oxygen atoms in total. The summed E-state index contributed by atoms with van der Waals surface area (Å²) in [4.78, 5) is 15.2. The number of rotatable bonds is 3. The van der Waals surface area contributed by atoms with E-state index >= 15 is 0 Å². The standard InChI is InChI=1S/C11H14N2O4/c1-17-11(16)9(15)8(14)7-4-6-2-3-12-10(6)13-5-7/h4-5,8-9,14-15H,2-3H2,1H3,(H,12,13). The van der Waals surface area contributed by atoms with Gasteiger partial charge in [-0.15, -0.1) is 0 Å². The molecular weight excluding hydrogens is 224 g/mol. The first kappa shape index (κ1) is 11.8. The van der Waals surface area contributed by atoms with Crippen LogP contribution in [0, 0.1) is 0 Å². The molecule has 1 aromatic rings. The molecule has 0 radical (unpaired) electrons. The lowest BCUT2D eigenvalue weighted by atomic mass is 10.0. The summed E-state index contributed by atoms with van der Waals surface area (Å²) >= 11 is 0. The summed E-state index contributed by atoms with van der Waals surface area (Å²) in [5, 5.41) is 22.4. The van der Waals surface area contributed by atoms with E-state index in [1.54, 1.807) is 6.07 Å². The minimum Gasteiger partial charge on any atom is -0.467 e. The van der Waals surface area contributed by atoms with Gasteiger partial charge in [-0.2, -0.15) is 0 Å². The third kappa shape index (κ3) is 2.22. The second kappa shape index (κ2) is 4.68. The van der Waals surface area contributed by atoms with Crippen molar-refractivity contribution in [2.75, 3.05) is 19.0 Å². The Morgan fingerprint density at radius 1 is 1.59 bits per heavy atom. The van der Waals surface area contributed by atoms with Gasteiger partial charge in [0.05, 0.1) is 7.11 Å². The van der Waals surface area contributed by atoms with Crippen LogP contribution in [0.5, 0.6) is 0 Å². The number of aromatic nitrogens is 1. The van der Waals surface area contributed by atoms with E-state index in [-0.39, 0.29) is 0 Å². The number of pyridine rings is 1. The molecule has 92 valence electrons. The van der Waals surface area contributed by atoms with Crippen LogP contribution in [-0.2, 0) is 16.0 Å². The van der Waals surface area contributed by atoms with Crippen molar-refractivity contribution in [1.82, 2.24) is 4.98 Å². The minimum absolute atomic E-state index is 0.408. The van der Waals surface area contributed by atoms with Crippen LogP contribution in [0.25, 0.3) is 0 Å². The van der Waals surface area contributed by atoms with Crippen molar-refractivity contribution < 1.29 is 19.7 Å². The molecule has 0 saturated carbocycles. The molecule has 0 bridgehead atoms. The average molecular weight is 238 g/mol. The third-order valence-corrected chi connectivity index (χ3v) is 2.76. The highest BCUT2D eigenvalue weighted by molar-refractivity contribution is 5.75. The molecule has 1 aliphatic rings. The van der Waals surface area contributed by atoms with Crippen molar-refractivity contribution in [1.29, 1.82) is 0 Å². The molecule has 2 unspecified atom stereocenters. The Kier molecular flexibility index (Phi) is 3.26. The highest BCUT2D eigenvalue weighted by Gasteiger charge is 2.27. The van der Waals surface area contributed by atoms with Gasteiger partial charge in [0.15, 0.2) is 6.10 Å². The third-order valence-electron chi connectivity index (χ3n) is 2.76. The van der Waals surface area contributed by atoms with E-state index in [4.69, 9.17) is 0 Å². The highest BCUT2D eigenvalue weighted by atomic mass is 16.5. The van der Waals surface area contributed by atoms with Gasteiger partial charge in [0.1, 0.15) is 11.9 Å². The molecule has 0 saturated heterocycles. The van der Waals surface area contributed by atoms with Gasteiger partial charge in [-0.05, 0) is 18.1 Å². The Bertz CT molecular complexity index is 435. The Hall–Kier alpha value is -1.66. The van der Waals surface area contributed by atoms with Crippen LogP contribution in [0.4, 0.5) is 5.82 Å². The first-order valence-electron chi connectivity index (χ1n) is 5.30. The zero-order chi connectivity index (χ0) is 12.4. The van der Waals surface area contributed by atoms with Gasteiger partial charge in [0, 0.05) is 18.3 Å². The molecule has 2 atom stereocenters. The number of hydrogen-bond donors (Lipinski definition) is 3. The number of aliphatic hydroxyl groups excluding tert-OH is 2. The number of carbonyl (C=O) groups excluding carboxylic acids is 1. The average Bonchev–Trinajstić information content (AvgIpc) is 2.83. The first-order chi connectivity index (χ1) is 8.13. The van der Waals surface area contributed by atoms with Crippen molar-refractivity contribution in [2.45, 2.75) is 18.6 Å². The second-order valence-electron chi connectivity index (χ2n) is 3.87. The van der Waals surface area contributed by atoms with Crippen LogP contribution in [-0.4, -0.2) is 40.9 Å². The van der Waals surface area contributed by atoms with Gasteiger partial charge in [0.2, 0.25) is 0 Å². The number of esters is 1. The minimum atomic E-state index is -1.59. The monoisotopic (exact) mass is 238 g/mol. The van der Waals surface area contributed by atoms with Gasteiger partial charge >= 0.3 is 5.97 Å². The number of methoxy groups -OCH3 is 1. The Labute approximate surface area is 98.2 Å². The van der Waals surface area contributed by atoms with Crippen molar-refractivity contribution >= 4 is 11.8 Å². The second-order valence-corrected chi connectivity index (χ2v) is 3.87. The molecule has 1 aliphatic heterocycles. The number of hydrogen-bond acceptors (Lipinski definition) is 6. The summed E-state index contributed by atoms with van der Waals surface area (Å²) in [5.41, 5.74) is 1.38. The smallest absolute Gasteiger partial charge is 0.337 e. The van der Waals surface area contributed by atoms with Gasteiger partial charge in [0.25, 0.3) is 0 Å². The predicted molar refractivity (Wildman–Crippen MR) is 59.4 cm³/mol. The van der Waals surface area contributed by atoms with Gasteiger partial charge in [-0.3, -0.25) is 0 Å². The summed E-state index contributed by atoms with van der Waals surface area (Å²) in [5.74, 6) is -0.0790. The molecule has 17 heavy (non-hydrogen) atoms. The highest BCUT2D eigenvalue weighted by Crippen LogP contribution is 2.24. The topological polar surface area (TPSA) is 91.7 Å². The summed E-state index contributed by atoms with van der Waals surface area (Å²) in [6.07, 6.45) is -0.652. The van der Waals surface area contributed by atoms with Crippen molar-refractivity contribution in [2.24, 2.45) is 0 Å². The van der Waals surface area contributed by atoms with Gasteiger partial charge in [-0.1, -0.05) is 0 Å². The number of nitrogens with zero attached hydrogens (tertiary/aromatic N) is 1. The molecule has 0 fully saturated rings. The number of anilines is 1. The molecule has 6 heteroatoms. The van der Waals surface area contributed by atoms with Crippen LogP contribution in [0.15, 0.2) is 12.3 Å². The van der Waals surface area contributed by atoms with Gasteiger partial charge < -0.3 is 20.3 Å². The van der Waals surface area contributed by atoms with Crippen LogP contribution >= 0.6 is 0 Å². The van der Waals surface area contributed by atoms with Crippen LogP contribution in [0.2, 0.25) is 0 Å². The van der Waals surface area contributed by atoms with Gasteiger partial charge in [-0.25, -0.2) is 9.78 Å². The Balaban J connectivity index is 2.19. The number of carbonyl (C=O) groups is 1. The molecule has 2 heterocycles.